The van der Waals surface area contributed by atoms with Crippen LogP contribution in [0.4, 0.5) is 0 Å². The van der Waals surface area contributed by atoms with Crippen LogP contribution in [0.15, 0.2) is 175 Å². The van der Waals surface area contributed by atoms with E-state index in [-0.39, 0.29) is 102 Å². The lowest BCUT2D eigenvalue weighted by Gasteiger charge is -2.30. The Labute approximate surface area is 822 Å². The number of aliphatic hydroxyl groups excluding tert-OH is 1. The minimum atomic E-state index is -4.56. The molecule has 3 saturated heterocycles. The summed E-state index contributed by atoms with van der Waals surface area (Å²) in [6.07, 6.45) is -1.20. The lowest BCUT2D eigenvalue weighted by atomic mass is 9.90. The number of nitrogens with zero attached hydrogens (tertiary/aromatic N) is 4. The summed E-state index contributed by atoms with van der Waals surface area (Å²) in [5.41, 5.74) is 23.7. The SMILES string of the molecule is CC(C)[C@@H](C(=O)C[C@@H](CC(=O)O)C(=O)O)N(C)Cc1ccc(C(=O)Oc2ccc(C(=N)N)cc2)o1.N=C(N)c1ccc(OC(=O)c2ccc(CN3CCC[C@@H]3C(=O)C[C@@H](CS(=O)(=O)O)C(=O)O)o2)cc1.N=C(N)c1ccc(OC(=O)c2ccc(CN3CCC[C@H]3C(=O)C[C@@H](CS(=O)(=O)O)C(O)O)o2)cc1.N=C(N)c1ccc2cc(OC(=O)c3ccc(CN4CCC[C@@H]4C(=O)C[C@@H](CS(=O)(=O)O)C(=O)O)o3)ccc2c1. The molecular formula is C94H108N12O35S3. The molecule has 144 heavy (non-hydrogen) atoms. The fraction of sp³-hybridized carbons (Fsp3) is 0.362. The maximum atomic E-state index is 12.9. The smallest absolute Gasteiger partial charge is 0.379 e. The Balaban J connectivity index is 0.000000214. The average Bonchev–Trinajstić information content (AvgIpc) is 1.29. The standard InChI is InChI=1S/C26H27N3O9S.C24H29N3O8.C22H27N3O9S.C22H25N3O9S/c27-24(28)17-4-3-16-11-19(6-5-15(16)10-17)38-26(33)23-8-7-20(37-23)13-29-9-1-2-21(29)22(30)12-18(25(31)32)14-39(34,35)36;1-13(2)21(18(28)10-15(23(31)32)11-20(29)30)27(3)12-17-8-9-19(34-17)24(33)35-16-6-4-14(5-7-16)22(25)26;2*23-20(24)13-3-5-15(6-4-13)34-22(29)19-8-7-16(33-19)11-25-9-1-2-17(25)18(26)10-14(21(27)28)12-35(30,31)32/h3-8,10-11,18,21H,1-2,9,12-14H2,(H3,27,28)(H,31,32)(H,34,35,36);4-9,13,15,21H,10-12H2,1-3H3,(H3,25,26)(H,29,30)(H,31,32);3-8,14,17,21,27-28H,1-2,9-12H2,(H3,23,24)(H,30,31,32);3-8,14,17H,1-2,9-12H2,(H3,23,24)(H,27,28)(H,30,31,32)/t18-,21+;15-,21-;14-,17-;14-,17+/m0000/s1. The molecular weight excluding hydrogens is 1950 g/mol. The zero-order valence-corrected chi connectivity index (χ0v) is 80.0. The molecule has 5 aromatic carbocycles. The quantitative estimate of drug-likeness (QED) is 0.00474. The van der Waals surface area contributed by atoms with Crippen molar-refractivity contribution in [2.75, 3.05) is 43.9 Å². The van der Waals surface area contributed by atoms with Gasteiger partial charge in [-0.2, -0.15) is 25.3 Å². The second-order valence-electron chi connectivity index (χ2n) is 34.4. The van der Waals surface area contributed by atoms with E-state index in [1.54, 1.807) is 125 Å². The van der Waals surface area contributed by atoms with E-state index in [4.69, 9.17) is 100.0 Å². The summed E-state index contributed by atoms with van der Waals surface area (Å²) in [5, 5.41) is 86.8. The second kappa shape index (κ2) is 50.8. The molecule has 3 aliphatic rings. The number of rotatable bonds is 46. The number of hydrogen-bond acceptors (Lipinski definition) is 36. The number of carbonyl (C=O) groups excluding carboxylic acids is 8. The summed E-state index contributed by atoms with van der Waals surface area (Å²) in [6, 6.07) is 38.0. The normalized spacial score (nSPS) is 16.0. The Hall–Kier alpha value is -14.7. The van der Waals surface area contributed by atoms with E-state index in [1.807, 2.05) is 0 Å². The van der Waals surface area contributed by atoms with Crippen LogP contribution in [0.1, 0.15) is 172 Å². The molecule has 7 heterocycles. The molecule has 9 aromatic rings. The van der Waals surface area contributed by atoms with Crippen LogP contribution in [-0.4, -0.2) is 258 Å². The van der Waals surface area contributed by atoms with E-state index in [0.717, 1.165) is 10.8 Å². The van der Waals surface area contributed by atoms with E-state index in [2.05, 4.69) is 0 Å². The molecule has 0 bridgehead atoms. The van der Waals surface area contributed by atoms with Crippen LogP contribution < -0.4 is 41.9 Å². The first-order valence-corrected chi connectivity index (χ1v) is 49.1. The van der Waals surface area contributed by atoms with Gasteiger partial charge in [0.05, 0.1) is 91.8 Å². The molecule has 3 aliphatic heterocycles. The number of ether oxygens (including phenoxy) is 4. The Morgan fingerprint density at radius 1 is 0.396 bits per heavy atom. The van der Waals surface area contributed by atoms with Crippen LogP contribution in [0.2, 0.25) is 0 Å². The number of Topliss-reactive ketones (excluding diaryl/α,β-unsaturated/α-hetero) is 4. The zero-order valence-electron chi connectivity index (χ0n) is 77.6. The van der Waals surface area contributed by atoms with Crippen molar-refractivity contribution < 1.29 is 164 Å². The highest BCUT2D eigenvalue weighted by Gasteiger charge is 2.41. The van der Waals surface area contributed by atoms with Crippen LogP contribution in [0.5, 0.6) is 23.0 Å². The van der Waals surface area contributed by atoms with Crippen molar-refractivity contribution in [3.05, 3.63) is 226 Å². The van der Waals surface area contributed by atoms with Gasteiger partial charge in [-0.15, -0.1) is 0 Å². The highest BCUT2D eigenvalue weighted by atomic mass is 32.2. The molecule has 0 spiro atoms. The summed E-state index contributed by atoms with van der Waals surface area (Å²) < 4.78 is 137. The van der Waals surface area contributed by atoms with Gasteiger partial charge in [0.25, 0.3) is 30.4 Å². The highest BCUT2D eigenvalue weighted by Crippen LogP contribution is 2.33. The van der Waals surface area contributed by atoms with Crippen LogP contribution in [0.3, 0.4) is 0 Å². The molecule has 772 valence electrons. The van der Waals surface area contributed by atoms with Crippen LogP contribution >= 0.6 is 0 Å². The number of carboxylic acids is 4. The number of carboxylic acid groups (broad SMARTS) is 4. The predicted octanol–water partition coefficient (Wildman–Crippen LogP) is 6.64. The van der Waals surface area contributed by atoms with Gasteiger partial charge in [0, 0.05) is 53.9 Å². The molecule has 3 fully saturated rings. The van der Waals surface area contributed by atoms with Gasteiger partial charge < -0.3 is 90.2 Å². The Morgan fingerprint density at radius 3 is 1.02 bits per heavy atom. The molecule has 47 nitrogen and oxygen atoms in total. The van der Waals surface area contributed by atoms with Crippen molar-refractivity contribution in [2.24, 2.45) is 52.5 Å². The lowest BCUT2D eigenvalue weighted by molar-refractivity contribution is -0.150. The molecule has 8 atom stereocenters. The van der Waals surface area contributed by atoms with Gasteiger partial charge in [-0.25, -0.2) is 19.2 Å². The zero-order chi connectivity index (χ0) is 106. The lowest BCUT2D eigenvalue weighted by Crippen LogP contribution is -2.43. The van der Waals surface area contributed by atoms with Gasteiger partial charge in [0.2, 0.25) is 23.0 Å². The summed E-state index contributed by atoms with van der Waals surface area (Å²) in [6.45, 7) is 5.88. The molecule has 0 unspecified atom stereocenters. The molecule has 0 amide bonds. The third-order valence-electron chi connectivity index (χ3n) is 23.0. The first-order valence-electron chi connectivity index (χ1n) is 44.2. The van der Waals surface area contributed by atoms with Crippen molar-refractivity contribution in [1.29, 1.82) is 21.6 Å². The topological polar surface area (TPSA) is 791 Å². The van der Waals surface area contributed by atoms with Gasteiger partial charge in [-0.05, 0) is 221 Å². The summed E-state index contributed by atoms with van der Waals surface area (Å²) in [4.78, 5) is 153. The van der Waals surface area contributed by atoms with Crippen LogP contribution in [0.25, 0.3) is 10.8 Å². The van der Waals surface area contributed by atoms with E-state index in [0.29, 0.717) is 109 Å². The highest BCUT2D eigenvalue weighted by molar-refractivity contribution is 7.86. The number of furan rings is 4. The van der Waals surface area contributed by atoms with Crippen molar-refractivity contribution in [3.8, 4) is 23.0 Å². The largest absolute Gasteiger partial charge is 0.481 e. The minimum Gasteiger partial charge on any atom is -0.481 e. The first kappa shape index (κ1) is 113. The Morgan fingerprint density at radius 2 is 0.701 bits per heavy atom. The Kier molecular flexibility index (Phi) is 39.8. The monoisotopic (exact) mass is 2060 g/mol. The number of fused-ring (bicyclic) bond motifs is 1. The number of ketones is 4. The molecule has 0 aliphatic carbocycles. The molecule has 0 radical (unpaired) electrons. The first-order chi connectivity index (χ1) is 67.6. The van der Waals surface area contributed by atoms with Gasteiger partial charge in [-0.1, -0.05) is 32.0 Å². The number of aliphatic hydroxyl groups is 2. The number of carbonyl (C=O) groups is 12. The number of amidine groups is 4. The summed E-state index contributed by atoms with van der Waals surface area (Å²) in [5.74, 6) is -17.2. The molecule has 12 rings (SSSR count). The summed E-state index contributed by atoms with van der Waals surface area (Å²) >= 11 is 0. The van der Waals surface area contributed by atoms with Gasteiger partial charge in [-0.3, -0.25) is 93.3 Å². The van der Waals surface area contributed by atoms with Crippen molar-refractivity contribution in [1.82, 2.24) is 19.6 Å². The van der Waals surface area contributed by atoms with Crippen molar-refractivity contribution in [3.63, 3.8) is 0 Å². The number of nitrogens with two attached hydrogens (primary N) is 4. The van der Waals surface area contributed by atoms with E-state index in [9.17, 15) is 108 Å². The number of nitrogens with one attached hydrogen (secondary N) is 4. The number of likely N-dealkylation sites (tertiary alicyclic amines) is 3. The van der Waals surface area contributed by atoms with Gasteiger partial charge in [0.15, 0.2) is 23.6 Å². The number of likely N-dealkylation sites (N-methyl/N-ethyl adjacent to an activating group) is 1. The molecule has 4 aromatic heterocycles. The van der Waals surface area contributed by atoms with E-state index >= 15 is 0 Å². The Bertz CT molecular complexity index is 6590. The predicted molar refractivity (Wildman–Crippen MR) is 507 cm³/mol. The minimum absolute atomic E-state index is 0.0433. The van der Waals surface area contributed by atoms with Gasteiger partial charge in [0.1, 0.15) is 75.2 Å². The molecule has 21 N–H and O–H groups in total. The number of nitrogen functional groups attached to an aromatic ring is 4. The second-order valence-corrected chi connectivity index (χ2v) is 38.9. The third kappa shape index (κ3) is 34.6. The van der Waals surface area contributed by atoms with Crippen LogP contribution in [0, 0.1) is 51.2 Å². The number of aliphatic carboxylic acids is 4. The molecule has 50 heteroatoms. The van der Waals surface area contributed by atoms with Crippen LogP contribution in [-0.2, 0) is 94.9 Å². The van der Waals surface area contributed by atoms with Crippen molar-refractivity contribution in [2.45, 2.75) is 141 Å². The van der Waals surface area contributed by atoms with E-state index < -0.39 is 199 Å². The fourth-order valence-electron chi connectivity index (χ4n) is 16.1. The number of esters is 4. The maximum absolute atomic E-state index is 12.9. The number of hydrogen-bond donors (Lipinski definition) is 17. The third-order valence-corrected chi connectivity index (χ3v) is 25.5. The average molecular weight is 2060 g/mol. The van der Waals surface area contributed by atoms with Crippen molar-refractivity contribution >= 4 is 135 Å². The molecule has 0 saturated carbocycles. The van der Waals surface area contributed by atoms with E-state index in [1.165, 1.54) is 72.8 Å². The fourth-order valence-corrected chi connectivity index (χ4v) is 18.5. The maximum Gasteiger partial charge on any atom is 0.379 e. The summed E-state index contributed by atoms with van der Waals surface area (Å²) in [7, 11) is -11.9. The number of benzene rings is 5. The van der Waals surface area contributed by atoms with Gasteiger partial charge >= 0.3 is 47.8 Å².